The summed E-state index contributed by atoms with van der Waals surface area (Å²) in [5.41, 5.74) is 7.61. The lowest BCUT2D eigenvalue weighted by atomic mass is 10.1. The minimum atomic E-state index is -0.201. The van der Waals surface area contributed by atoms with E-state index < -0.39 is 0 Å². The molecule has 5 heteroatoms. The number of ether oxygens (including phenoxy) is 1. The third kappa shape index (κ3) is 2.37. The Bertz CT molecular complexity index is 621. The molecule has 0 aliphatic carbocycles. The molecule has 5 nitrogen and oxygen atoms in total. The molecule has 3 rings (SSSR count). The number of benzene rings is 1. The Morgan fingerprint density at radius 2 is 2.26 bits per heavy atom. The van der Waals surface area contributed by atoms with Gasteiger partial charge in [-0.2, -0.15) is 0 Å². The van der Waals surface area contributed by atoms with Gasteiger partial charge in [0.1, 0.15) is 5.69 Å². The van der Waals surface area contributed by atoms with Crippen LogP contribution >= 0.6 is 0 Å². The smallest absolute Gasteiger partial charge is 0.270 e. The summed E-state index contributed by atoms with van der Waals surface area (Å²) in [4.78, 5) is 16.5. The van der Waals surface area contributed by atoms with E-state index in [4.69, 9.17) is 10.5 Å². The van der Waals surface area contributed by atoms with Crippen molar-refractivity contribution in [2.75, 3.05) is 18.9 Å². The van der Waals surface area contributed by atoms with Crippen molar-refractivity contribution in [2.24, 2.45) is 0 Å². The van der Waals surface area contributed by atoms with Gasteiger partial charge in [-0.3, -0.25) is 4.79 Å². The minimum absolute atomic E-state index is 0.0713. The summed E-state index contributed by atoms with van der Waals surface area (Å²) in [5.74, 6) is -0.201. The van der Waals surface area contributed by atoms with Crippen molar-refractivity contribution in [2.45, 2.75) is 12.5 Å². The number of nitrogens with one attached hydrogen (secondary N) is 1. The first kappa shape index (κ1) is 11.9. The average Bonchev–Trinajstić information content (AvgIpc) is 2.91. The number of carbonyl (C=O) groups is 1. The molecule has 1 fully saturated rings. The van der Waals surface area contributed by atoms with E-state index >= 15 is 0 Å². The highest BCUT2D eigenvalue weighted by Gasteiger charge is 2.19. The van der Waals surface area contributed by atoms with E-state index in [0.29, 0.717) is 24.6 Å². The lowest BCUT2D eigenvalue weighted by Crippen LogP contribution is -2.35. The fourth-order valence-corrected chi connectivity index (χ4v) is 2.23. The molecule has 0 spiro atoms. The van der Waals surface area contributed by atoms with Crippen LogP contribution < -0.4 is 11.1 Å². The lowest BCUT2D eigenvalue weighted by Gasteiger charge is -2.11. The third-order valence-corrected chi connectivity index (χ3v) is 3.25. The number of aromatic nitrogens is 1. The van der Waals surface area contributed by atoms with Crippen LogP contribution in [-0.4, -0.2) is 30.1 Å². The summed E-state index contributed by atoms with van der Waals surface area (Å²) >= 11 is 0. The number of nitrogen functional groups attached to an aromatic ring is 1. The SMILES string of the molecule is Nc1cc(C(=O)NC2CCOC2)nc2ccccc12. The van der Waals surface area contributed by atoms with Crippen molar-refractivity contribution < 1.29 is 9.53 Å². The number of amides is 1. The molecule has 1 aliphatic rings. The van der Waals surface area contributed by atoms with E-state index in [9.17, 15) is 4.79 Å². The van der Waals surface area contributed by atoms with Gasteiger partial charge in [-0.1, -0.05) is 18.2 Å². The Morgan fingerprint density at radius 3 is 3.05 bits per heavy atom. The third-order valence-electron chi connectivity index (χ3n) is 3.25. The molecule has 2 aromatic rings. The van der Waals surface area contributed by atoms with E-state index in [1.165, 1.54) is 0 Å². The number of rotatable bonds is 2. The van der Waals surface area contributed by atoms with Crippen LogP contribution in [0.25, 0.3) is 10.9 Å². The van der Waals surface area contributed by atoms with Gasteiger partial charge in [0, 0.05) is 17.7 Å². The Kier molecular flexibility index (Phi) is 3.05. The second kappa shape index (κ2) is 4.85. The predicted octanol–water partition coefficient (Wildman–Crippen LogP) is 1.34. The van der Waals surface area contributed by atoms with Gasteiger partial charge in [-0.15, -0.1) is 0 Å². The fourth-order valence-electron chi connectivity index (χ4n) is 2.23. The zero-order valence-corrected chi connectivity index (χ0v) is 10.4. The molecule has 1 atom stereocenters. The highest BCUT2D eigenvalue weighted by Crippen LogP contribution is 2.20. The van der Waals surface area contributed by atoms with Crippen LogP contribution in [0.15, 0.2) is 30.3 Å². The predicted molar refractivity (Wildman–Crippen MR) is 72.8 cm³/mol. The summed E-state index contributed by atoms with van der Waals surface area (Å²) in [7, 11) is 0. The van der Waals surface area contributed by atoms with Gasteiger partial charge in [-0.25, -0.2) is 4.98 Å². The maximum absolute atomic E-state index is 12.1. The second-order valence-electron chi connectivity index (χ2n) is 4.65. The van der Waals surface area contributed by atoms with Crippen molar-refractivity contribution in [1.82, 2.24) is 10.3 Å². The van der Waals surface area contributed by atoms with Crippen LogP contribution in [0.3, 0.4) is 0 Å². The number of nitrogens with two attached hydrogens (primary N) is 1. The first-order valence-electron chi connectivity index (χ1n) is 6.28. The molecule has 1 aromatic heterocycles. The average molecular weight is 257 g/mol. The molecule has 1 aromatic carbocycles. The largest absolute Gasteiger partial charge is 0.398 e. The monoisotopic (exact) mass is 257 g/mol. The lowest BCUT2D eigenvalue weighted by molar-refractivity contribution is 0.0925. The highest BCUT2D eigenvalue weighted by atomic mass is 16.5. The van der Waals surface area contributed by atoms with Gasteiger partial charge in [0.05, 0.1) is 18.2 Å². The van der Waals surface area contributed by atoms with Crippen molar-refractivity contribution >= 4 is 22.5 Å². The number of carbonyl (C=O) groups excluding carboxylic acids is 1. The molecule has 0 radical (unpaired) electrons. The summed E-state index contributed by atoms with van der Waals surface area (Å²) in [6, 6.07) is 9.21. The molecule has 0 bridgehead atoms. The summed E-state index contributed by atoms with van der Waals surface area (Å²) in [5, 5.41) is 3.77. The van der Waals surface area contributed by atoms with E-state index in [1.54, 1.807) is 6.07 Å². The van der Waals surface area contributed by atoms with Gasteiger partial charge in [0.2, 0.25) is 0 Å². The normalized spacial score (nSPS) is 18.6. The maximum Gasteiger partial charge on any atom is 0.270 e. The number of hydrogen-bond donors (Lipinski definition) is 2. The summed E-state index contributed by atoms with van der Waals surface area (Å²) in [6.07, 6.45) is 0.842. The molecule has 1 saturated heterocycles. The van der Waals surface area contributed by atoms with Crippen molar-refractivity contribution in [1.29, 1.82) is 0 Å². The number of fused-ring (bicyclic) bond motifs is 1. The van der Waals surface area contributed by atoms with Gasteiger partial charge in [-0.05, 0) is 18.6 Å². The van der Waals surface area contributed by atoms with Crippen molar-refractivity contribution in [3.8, 4) is 0 Å². The topological polar surface area (TPSA) is 77.2 Å². The Labute approximate surface area is 110 Å². The first-order valence-corrected chi connectivity index (χ1v) is 6.28. The summed E-state index contributed by atoms with van der Waals surface area (Å²) < 4.78 is 5.23. The van der Waals surface area contributed by atoms with Crippen LogP contribution in [0.5, 0.6) is 0 Å². The fraction of sp³-hybridized carbons (Fsp3) is 0.286. The van der Waals surface area contributed by atoms with E-state index in [2.05, 4.69) is 10.3 Å². The molecule has 2 heterocycles. The zero-order valence-electron chi connectivity index (χ0n) is 10.4. The minimum Gasteiger partial charge on any atom is -0.398 e. The zero-order chi connectivity index (χ0) is 13.2. The Morgan fingerprint density at radius 1 is 1.42 bits per heavy atom. The highest BCUT2D eigenvalue weighted by molar-refractivity contribution is 5.99. The quantitative estimate of drug-likeness (QED) is 0.851. The van der Waals surface area contributed by atoms with Gasteiger partial charge in [0.15, 0.2) is 0 Å². The molecule has 1 unspecified atom stereocenters. The van der Waals surface area contributed by atoms with Crippen molar-refractivity contribution in [3.63, 3.8) is 0 Å². The Balaban J connectivity index is 1.89. The van der Waals surface area contributed by atoms with Crippen molar-refractivity contribution in [3.05, 3.63) is 36.0 Å². The van der Waals surface area contributed by atoms with Crippen LogP contribution in [-0.2, 0) is 4.74 Å². The van der Waals surface area contributed by atoms with Crippen LogP contribution in [0.1, 0.15) is 16.9 Å². The van der Waals surface area contributed by atoms with Crippen LogP contribution in [0.4, 0.5) is 5.69 Å². The summed E-state index contributed by atoms with van der Waals surface area (Å²) in [6.45, 7) is 1.26. The number of nitrogens with zero attached hydrogens (tertiary/aromatic N) is 1. The standard InChI is InChI=1S/C14H15N3O2/c15-11-7-13(14(18)16-9-5-6-19-8-9)17-12-4-2-1-3-10(11)12/h1-4,7,9H,5-6,8H2,(H2,15,17)(H,16,18). The van der Waals surface area contributed by atoms with E-state index in [-0.39, 0.29) is 11.9 Å². The molecule has 0 saturated carbocycles. The molecule has 3 N–H and O–H groups in total. The first-order chi connectivity index (χ1) is 9.24. The van der Waals surface area contributed by atoms with E-state index in [1.807, 2.05) is 24.3 Å². The second-order valence-corrected chi connectivity index (χ2v) is 4.65. The molecular weight excluding hydrogens is 242 g/mol. The number of hydrogen-bond acceptors (Lipinski definition) is 4. The van der Waals surface area contributed by atoms with Gasteiger partial charge in [0.25, 0.3) is 5.91 Å². The van der Waals surface area contributed by atoms with Crippen LogP contribution in [0.2, 0.25) is 0 Å². The molecule has 19 heavy (non-hydrogen) atoms. The molecule has 98 valence electrons. The maximum atomic E-state index is 12.1. The molecule has 1 aliphatic heterocycles. The number of para-hydroxylation sites is 1. The van der Waals surface area contributed by atoms with Gasteiger partial charge < -0.3 is 15.8 Å². The number of pyridine rings is 1. The Hall–Kier alpha value is -2.14. The van der Waals surface area contributed by atoms with E-state index in [0.717, 1.165) is 17.3 Å². The molecular formula is C14H15N3O2. The van der Waals surface area contributed by atoms with Gasteiger partial charge >= 0.3 is 0 Å². The number of anilines is 1. The van der Waals surface area contributed by atoms with Crippen LogP contribution in [0, 0.1) is 0 Å². The molecule has 1 amide bonds.